The van der Waals surface area contributed by atoms with E-state index in [4.69, 9.17) is 5.73 Å². The molecule has 0 bridgehead atoms. The molecule has 3 N–H and O–H groups in total. The Kier molecular flexibility index (Phi) is 6.01. The molecule has 8 heteroatoms. The number of anilines is 1. The Morgan fingerprint density at radius 1 is 1.45 bits per heavy atom. The van der Waals surface area contributed by atoms with Gasteiger partial charge in [-0.15, -0.1) is 17.5 Å². The standard InChI is InChI=1S/C14H20N6O.ClH/c1-4-8-14(3,15)13(21)16-11-6-5-7-12(9-11)20-10(2)17-18-19-20;/h5-7,9H,4,8,15H2,1-3H3,(H,16,21);1H. The molecule has 0 saturated carbocycles. The zero-order valence-electron chi connectivity index (χ0n) is 12.9. The van der Waals surface area contributed by atoms with Gasteiger partial charge in [-0.1, -0.05) is 19.4 Å². The van der Waals surface area contributed by atoms with Gasteiger partial charge in [0.1, 0.15) is 0 Å². The minimum atomic E-state index is -0.879. The first-order valence-electron chi connectivity index (χ1n) is 6.90. The van der Waals surface area contributed by atoms with Crippen LogP contribution < -0.4 is 11.1 Å². The van der Waals surface area contributed by atoms with Gasteiger partial charge in [0.05, 0.1) is 11.2 Å². The zero-order valence-corrected chi connectivity index (χ0v) is 13.7. The van der Waals surface area contributed by atoms with Crippen LogP contribution in [0.3, 0.4) is 0 Å². The van der Waals surface area contributed by atoms with Gasteiger partial charge in [0, 0.05) is 5.69 Å². The van der Waals surface area contributed by atoms with E-state index in [1.165, 1.54) is 0 Å². The maximum atomic E-state index is 12.2. The molecule has 0 radical (unpaired) electrons. The van der Waals surface area contributed by atoms with E-state index in [0.29, 0.717) is 17.9 Å². The number of carbonyl (C=O) groups is 1. The fourth-order valence-electron chi connectivity index (χ4n) is 2.09. The van der Waals surface area contributed by atoms with Crippen molar-refractivity contribution in [2.24, 2.45) is 5.73 Å². The van der Waals surface area contributed by atoms with E-state index in [9.17, 15) is 4.79 Å². The molecular weight excluding hydrogens is 304 g/mol. The molecule has 0 fully saturated rings. The molecule has 120 valence electrons. The molecule has 1 aromatic heterocycles. The maximum absolute atomic E-state index is 12.2. The predicted octanol–water partition coefficient (Wildman–Crippen LogP) is 1.85. The number of nitrogens with zero attached hydrogens (tertiary/aromatic N) is 4. The highest BCUT2D eigenvalue weighted by Gasteiger charge is 2.27. The summed E-state index contributed by atoms with van der Waals surface area (Å²) in [4.78, 5) is 12.2. The molecule has 1 atom stereocenters. The number of nitrogens with two attached hydrogens (primary N) is 1. The second kappa shape index (κ2) is 7.33. The number of benzene rings is 1. The summed E-state index contributed by atoms with van der Waals surface area (Å²) in [6.07, 6.45) is 1.48. The highest BCUT2D eigenvalue weighted by atomic mass is 35.5. The molecule has 0 aliphatic rings. The van der Waals surface area contributed by atoms with E-state index >= 15 is 0 Å². The van der Waals surface area contributed by atoms with Crippen LogP contribution in [0.5, 0.6) is 0 Å². The number of aromatic nitrogens is 4. The van der Waals surface area contributed by atoms with Crippen LogP contribution in [0.25, 0.3) is 5.69 Å². The second-order valence-corrected chi connectivity index (χ2v) is 5.31. The third-order valence-corrected chi connectivity index (χ3v) is 3.26. The summed E-state index contributed by atoms with van der Waals surface area (Å²) in [5, 5.41) is 14.2. The van der Waals surface area contributed by atoms with Gasteiger partial charge in [-0.25, -0.2) is 0 Å². The highest BCUT2D eigenvalue weighted by Crippen LogP contribution is 2.17. The van der Waals surface area contributed by atoms with Gasteiger partial charge in [-0.05, 0) is 48.9 Å². The van der Waals surface area contributed by atoms with Crippen molar-refractivity contribution >= 4 is 24.0 Å². The number of amides is 1. The summed E-state index contributed by atoms with van der Waals surface area (Å²) in [6.45, 7) is 5.55. The Morgan fingerprint density at radius 2 is 2.18 bits per heavy atom. The van der Waals surface area contributed by atoms with E-state index in [0.717, 1.165) is 12.1 Å². The zero-order chi connectivity index (χ0) is 15.5. The molecule has 7 nitrogen and oxygen atoms in total. The Balaban J connectivity index is 0.00000242. The first-order chi connectivity index (χ1) is 9.94. The van der Waals surface area contributed by atoms with Gasteiger partial charge in [0.15, 0.2) is 5.82 Å². The van der Waals surface area contributed by atoms with E-state index in [1.807, 2.05) is 38.1 Å². The molecular formula is C14H21ClN6O. The first-order valence-corrected chi connectivity index (χ1v) is 6.90. The molecule has 2 aromatic rings. The van der Waals surface area contributed by atoms with Crippen molar-refractivity contribution in [3.63, 3.8) is 0 Å². The molecule has 0 aliphatic heterocycles. The van der Waals surface area contributed by atoms with Crippen molar-refractivity contribution in [2.75, 3.05) is 5.32 Å². The van der Waals surface area contributed by atoms with Crippen LogP contribution in [0.4, 0.5) is 5.69 Å². The van der Waals surface area contributed by atoms with E-state index in [2.05, 4.69) is 20.8 Å². The maximum Gasteiger partial charge on any atom is 0.244 e. The summed E-state index contributed by atoms with van der Waals surface area (Å²) in [5.74, 6) is 0.475. The number of nitrogens with one attached hydrogen (secondary N) is 1. The number of tetrazole rings is 1. The topological polar surface area (TPSA) is 98.7 Å². The average Bonchev–Trinajstić information content (AvgIpc) is 2.85. The smallest absolute Gasteiger partial charge is 0.244 e. The lowest BCUT2D eigenvalue weighted by Gasteiger charge is -2.23. The van der Waals surface area contributed by atoms with Gasteiger partial charge >= 0.3 is 0 Å². The Hall–Kier alpha value is -1.99. The lowest BCUT2D eigenvalue weighted by atomic mass is 9.96. The normalized spacial score (nSPS) is 13.1. The van der Waals surface area contributed by atoms with E-state index < -0.39 is 5.54 Å². The number of hydrogen-bond donors (Lipinski definition) is 2. The molecule has 1 unspecified atom stereocenters. The summed E-state index contributed by atoms with van der Waals surface area (Å²) in [6, 6.07) is 7.32. The summed E-state index contributed by atoms with van der Waals surface area (Å²) in [7, 11) is 0. The second-order valence-electron chi connectivity index (χ2n) is 5.31. The van der Waals surface area contributed by atoms with Crippen LogP contribution in [0.2, 0.25) is 0 Å². The van der Waals surface area contributed by atoms with Crippen molar-refractivity contribution in [1.82, 2.24) is 20.2 Å². The summed E-state index contributed by atoms with van der Waals surface area (Å²) in [5.41, 5.74) is 6.60. The van der Waals surface area contributed by atoms with Gasteiger partial charge in [0.2, 0.25) is 5.91 Å². The van der Waals surface area contributed by atoms with Gasteiger partial charge in [0.25, 0.3) is 0 Å². The summed E-state index contributed by atoms with van der Waals surface area (Å²) >= 11 is 0. The van der Waals surface area contributed by atoms with E-state index in [-0.39, 0.29) is 18.3 Å². The van der Waals surface area contributed by atoms with Crippen molar-refractivity contribution in [3.8, 4) is 5.69 Å². The molecule has 22 heavy (non-hydrogen) atoms. The lowest BCUT2D eigenvalue weighted by molar-refractivity contribution is -0.120. The van der Waals surface area contributed by atoms with Crippen LogP contribution in [0, 0.1) is 6.92 Å². The van der Waals surface area contributed by atoms with Crippen LogP contribution in [0.1, 0.15) is 32.5 Å². The number of halogens is 1. The summed E-state index contributed by atoms with van der Waals surface area (Å²) < 4.78 is 1.60. The van der Waals surface area contributed by atoms with Crippen molar-refractivity contribution in [2.45, 2.75) is 39.2 Å². The number of carbonyl (C=O) groups excluding carboxylic acids is 1. The minimum Gasteiger partial charge on any atom is -0.324 e. The van der Waals surface area contributed by atoms with Gasteiger partial charge < -0.3 is 11.1 Å². The average molecular weight is 325 g/mol. The fraction of sp³-hybridized carbons (Fsp3) is 0.429. The SMILES string of the molecule is CCCC(C)(N)C(=O)Nc1cccc(-n2nnnc2C)c1.Cl. The first kappa shape index (κ1) is 18.1. The van der Waals surface area contributed by atoms with Crippen molar-refractivity contribution in [1.29, 1.82) is 0 Å². The van der Waals surface area contributed by atoms with Crippen molar-refractivity contribution in [3.05, 3.63) is 30.1 Å². The van der Waals surface area contributed by atoms with Gasteiger partial charge in [-0.2, -0.15) is 4.68 Å². The van der Waals surface area contributed by atoms with Crippen LogP contribution in [-0.2, 0) is 4.79 Å². The van der Waals surface area contributed by atoms with Crippen LogP contribution >= 0.6 is 12.4 Å². The Bertz CT molecular complexity index is 640. The van der Waals surface area contributed by atoms with E-state index in [1.54, 1.807) is 11.6 Å². The molecule has 1 aromatic carbocycles. The molecule has 1 heterocycles. The van der Waals surface area contributed by atoms with Gasteiger partial charge in [-0.3, -0.25) is 4.79 Å². The van der Waals surface area contributed by atoms with Crippen molar-refractivity contribution < 1.29 is 4.79 Å². The van der Waals surface area contributed by atoms with Crippen LogP contribution in [0.15, 0.2) is 24.3 Å². The molecule has 1 amide bonds. The molecule has 0 spiro atoms. The number of rotatable bonds is 5. The fourth-order valence-corrected chi connectivity index (χ4v) is 2.09. The van der Waals surface area contributed by atoms with Crippen LogP contribution in [-0.4, -0.2) is 31.7 Å². The molecule has 0 saturated heterocycles. The molecule has 0 aliphatic carbocycles. The molecule has 2 rings (SSSR count). The lowest BCUT2D eigenvalue weighted by Crippen LogP contribution is -2.48. The Morgan fingerprint density at radius 3 is 2.77 bits per heavy atom. The monoisotopic (exact) mass is 324 g/mol. The Labute approximate surface area is 135 Å². The predicted molar refractivity (Wildman–Crippen MR) is 87.3 cm³/mol. The number of aryl methyl sites for hydroxylation is 1. The largest absolute Gasteiger partial charge is 0.324 e. The minimum absolute atomic E-state index is 0. The quantitative estimate of drug-likeness (QED) is 0.874. The number of hydrogen-bond acceptors (Lipinski definition) is 5. The third-order valence-electron chi connectivity index (χ3n) is 3.26. The third kappa shape index (κ3) is 4.02. The highest BCUT2D eigenvalue weighted by molar-refractivity contribution is 5.97.